The molecular formula is C18H29NO4. The molecule has 2 fully saturated rings. The Morgan fingerprint density at radius 1 is 1.22 bits per heavy atom. The van der Waals surface area contributed by atoms with E-state index in [4.69, 9.17) is 9.47 Å². The summed E-state index contributed by atoms with van der Waals surface area (Å²) in [6.07, 6.45) is 6.42. The number of hydrogen-bond donors (Lipinski definition) is 0. The molecule has 1 aliphatic carbocycles. The van der Waals surface area contributed by atoms with E-state index in [1.165, 1.54) is 5.57 Å². The monoisotopic (exact) mass is 323 g/mol. The van der Waals surface area contributed by atoms with Gasteiger partial charge in [0.2, 0.25) is 0 Å². The lowest BCUT2D eigenvalue weighted by Gasteiger charge is -2.39. The first-order valence-electron chi connectivity index (χ1n) is 8.57. The summed E-state index contributed by atoms with van der Waals surface area (Å²) in [5.74, 6) is -0.231. The number of hydrogen-bond acceptors (Lipinski definition) is 4. The van der Waals surface area contributed by atoms with E-state index < -0.39 is 5.60 Å². The van der Waals surface area contributed by atoms with Crippen LogP contribution in [-0.4, -0.2) is 42.3 Å². The molecule has 0 radical (unpaired) electrons. The van der Waals surface area contributed by atoms with Gasteiger partial charge in [0.05, 0.1) is 6.61 Å². The van der Waals surface area contributed by atoms with Crippen LogP contribution in [0.4, 0.5) is 4.79 Å². The highest BCUT2D eigenvalue weighted by molar-refractivity contribution is 5.82. The van der Waals surface area contributed by atoms with Crippen LogP contribution in [0.3, 0.4) is 0 Å². The first-order valence-corrected chi connectivity index (χ1v) is 8.57. The molecule has 1 heterocycles. The molecule has 1 aliphatic heterocycles. The van der Waals surface area contributed by atoms with E-state index in [0.29, 0.717) is 6.61 Å². The van der Waals surface area contributed by atoms with Gasteiger partial charge in [-0.15, -0.1) is 0 Å². The molecule has 1 amide bonds. The van der Waals surface area contributed by atoms with Crippen LogP contribution in [0.25, 0.3) is 0 Å². The van der Waals surface area contributed by atoms with Crippen LogP contribution in [0, 0.1) is 5.41 Å². The summed E-state index contributed by atoms with van der Waals surface area (Å²) in [5, 5.41) is 0. The van der Waals surface area contributed by atoms with Crippen molar-refractivity contribution in [2.45, 2.75) is 65.4 Å². The van der Waals surface area contributed by atoms with Gasteiger partial charge in [-0.3, -0.25) is 0 Å². The lowest BCUT2D eigenvalue weighted by molar-refractivity contribution is -0.137. The minimum absolute atomic E-state index is 0.215. The Morgan fingerprint density at radius 3 is 2.43 bits per heavy atom. The van der Waals surface area contributed by atoms with Crippen molar-refractivity contribution in [1.29, 1.82) is 0 Å². The number of amides is 1. The van der Waals surface area contributed by atoms with Gasteiger partial charge in [0.25, 0.3) is 0 Å². The summed E-state index contributed by atoms with van der Waals surface area (Å²) in [5.41, 5.74) is 0.987. The molecule has 5 heteroatoms. The zero-order valence-electron chi connectivity index (χ0n) is 14.8. The SMILES string of the molecule is CCOC(=O)/C=C1\CCC2(CCN(C(=O)OC(C)(C)C)CC2)C1. The third kappa shape index (κ3) is 4.98. The average Bonchev–Trinajstić information content (AvgIpc) is 2.80. The van der Waals surface area contributed by atoms with Gasteiger partial charge in [-0.25, -0.2) is 9.59 Å². The molecule has 0 aromatic heterocycles. The van der Waals surface area contributed by atoms with Crippen LogP contribution in [-0.2, 0) is 14.3 Å². The highest BCUT2D eigenvalue weighted by Gasteiger charge is 2.40. The summed E-state index contributed by atoms with van der Waals surface area (Å²) in [6.45, 7) is 9.38. The molecule has 5 nitrogen and oxygen atoms in total. The Bertz CT molecular complexity index is 482. The summed E-state index contributed by atoms with van der Waals surface area (Å²) in [4.78, 5) is 25.5. The Labute approximate surface area is 139 Å². The fourth-order valence-electron chi connectivity index (χ4n) is 3.47. The van der Waals surface area contributed by atoms with Crippen LogP contribution in [0.1, 0.15) is 59.8 Å². The molecule has 0 N–H and O–H groups in total. The number of likely N-dealkylation sites (tertiary alicyclic amines) is 1. The second kappa shape index (κ2) is 6.93. The standard InChI is InChI=1S/C18H29NO4/c1-5-22-15(20)12-14-6-7-18(13-14)8-10-19(11-9-18)16(21)23-17(2,3)4/h12H,5-11,13H2,1-4H3/b14-12+. The predicted molar refractivity (Wildman–Crippen MR) is 88.0 cm³/mol. The molecule has 0 bridgehead atoms. The fraction of sp³-hybridized carbons (Fsp3) is 0.778. The molecule has 130 valence electrons. The first-order chi connectivity index (χ1) is 10.7. The van der Waals surface area contributed by atoms with Crippen molar-refractivity contribution >= 4 is 12.1 Å². The van der Waals surface area contributed by atoms with E-state index in [2.05, 4.69) is 0 Å². The number of nitrogens with zero attached hydrogens (tertiary/aromatic N) is 1. The second-order valence-corrected chi connectivity index (χ2v) is 7.70. The van der Waals surface area contributed by atoms with Crippen molar-refractivity contribution in [3.05, 3.63) is 11.6 Å². The molecule has 1 saturated heterocycles. The maximum absolute atomic E-state index is 12.1. The lowest BCUT2D eigenvalue weighted by Crippen LogP contribution is -2.44. The largest absolute Gasteiger partial charge is 0.463 e. The molecule has 0 unspecified atom stereocenters. The van der Waals surface area contributed by atoms with Crippen molar-refractivity contribution in [1.82, 2.24) is 4.90 Å². The number of ether oxygens (including phenoxy) is 2. The number of piperidine rings is 1. The van der Waals surface area contributed by atoms with Crippen molar-refractivity contribution < 1.29 is 19.1 Å². The van der Waals surface area contributed by atoms with Crippen LogP contribution >= 0.6 is 0 Å². The van der Waals surface area contributed by atoms with Crippen molar-refractivity contribution in [2.75, 3.05) is 19.7 Å². The summed E-state index contributed by atoms with van der Waals surface area (Å²) in [7, 11) is 0. The summed E-state index contributed by atoms with van der Waals surface area (Å²) in [6, 6.07) is 0. The number of rotatable bonds is 2. The quantitative estimate of drug-likeness (QED) is 0.574. The number of carbonyl (C=O) groups excluding carboxylic acids is 2. The fourth-order valence-corrected chi connectivity index (χ4v) is 3.47. The van der Waals surface area contributed by atoms with Gasteiger partial charge in [-0.2, -0.15) is 0 Å². The van der Waals surface area contributed by atoms with Gasteiger partial charge in [0.15, 0.2) is 0 Å². The highest BCUT2D eigenvalue weighted by atomic mass is 16.6. The normalized spacial score (nSPS) is 22.4. The van der Waals surface area contributed by atoms with E-state index in [1.807, 2.05) is 32.6 Å². The molecule has 23 heavy (non-hydrogen) atoms. The van der Waals surface area contributed by atoms with E-state index in [1.54, 1.807) is 6.08 Å². The molecule has 2 rings (SSSR count). The van der Waals surface area contributed by atoms with Gasteiger partial charge in [-0.05, 0) is 65.2 Å². The van der Waals surface area contributed by atoms with Crippen LogP contribution in [0.2, 0.25) is 0 Å². The van der Waals surface area contributed by atoms with Gasteiger partial charge in [-0.1, -0.05) is 5.57 Å². The van der Waals surface area contributed by atoms with Crippen LogP contribution in [0.15, 0.2) is 11.6 Å². The molecule has 0 aromatic carbocycles. The number of allylic oxidation sites excluding steroid dienone is 1. The molecule has 2 aliphatic rings. The van der Waals surface area contributed by atoms with Crippen molar-refractivity contribution in [3.8, 4) is 0 Å². The van der Waals surface area contributed by atoms with Gasteiger partial charge in [0, 0.05) is 19.2 Å². The third-order valence-electron chi connectivity index (χ3n) is 4.66. The molecule has 1 saturated carbocycles. The van der Waals surface area contributed by atoms with Gasteiger partial charge >= 0.3 is 12.1 Å². The van der Waals surface area contributed by atoms with Gasteiger partial charge in [0.1, 0.15) is 5.60 Å². The van der Waals surface area contributed by atoms with E-state index in [9.17, 15) is 9.59 Å². The van der Waals surface area contributed by atoms with E-state index in [-0.39, 0.29) is 17.5 Å². The van der Waals surface area contributed by atoms with E-state index in [0.717, 1.165) is 45.2 Å². The zero-order chi connectivity index (χ0) is 17.1. The van der Waals surface area contributed by atoms with Crippen LogP contribution in [0.5, 0.6) is 0 Å². The highest BCUT2D eigenvalue weighted by Crippen LogP contribution is 2.48. The average molecular weight is 323 g/mol. The predicted octanol–water partition coefficient (Wildman–Crippen LogP) is 3.68. The van der Waals surface area contributed by atoms with Crippen molar-refractivity contribution in [2.24, 2.45) is 5.41 Å². The summed E-state index contributed by atoms with van der Waals surface area (Å²) >= 11 is 0. The minimum atomic E-state index is -0.449. The van der Waals surface area contributed by atoms with E-state index >= 15 is 0 Å². The summed E-state index contributed by atoms with van der Waals surface area (Å²) < 4.78 is 10.4. The first kappa shape index (κ1) is 17.8. The lowest BCUT2D eigenvalue weighted by atomic mass is 9.77. The Balaban J connectivity index is 1.87. The van der Waals surface area contributed by atoms with Crippen molar-refractivity contribution in [3.63, 3.8) is 0 Å². The maximum Gasteiger partial charge on any atom is 0.410 e. The second-order valence-electron chi connectivity index (χ2n) is 7.70. The number of carbonyl (C=O) groups is 2. The molecule has 1 spiro atoms. The topological polar surface area (TPSA) is 55.8 Å². The van der Waals surface area contributed by atoms with Gasteiger partial charge < -0.3 is 14.4 Å². The molecule has 0 atom stereocenters. The minimum Gasteiger partial charge on any atom is -0.463 e. The smallest absolute Gasteiger partial charge is 0.410 e. The molecular weight excluding hydrogens is 294 g/mol. The maximum atomic E-state index is 12.1. The zero-order valence-corrected chi connectivity index (χ0v) is 14.8. The molecule has 0 aromatic rings. The van der Waals surface area contributed by atoms with Crippen LogP contribution < -0.4 is 0 Å². The third-order valence-corrected chi connectivity index (χ3v) is 4.66. The Hall–Kier alpha value is -1.52. The number of esters is 1. The Morgan fingerprint density at radius 2 is 1.87 bits per heavy atom. The Kier molecular flexibility index (Phi) is 5.37.